The molecule has 1 aliphatic heterocycles. The first-order valence-electron chi connectivity index (χ1n) is 12.9. The zero-order chi connectivity index (χ0) is 27.2. The van der Waals surface area contributed by atoms with Crippen LogP contribution in [0.15, 0.2) is 113 Å². The van der Waals surface area contributed by atoms with Gasteiger partial charge in [0.2, 0.25) is 0 Å². The summed E-state index contributed by atoms with van der Waals surface area (Å²) in [6, 6.07) is 31.2. The van der Waals surface area contributed by atoms with Crippen molar-refractivity contribution in [1.29, 1.82) is 0 Å². The number of carbonyl (C=O) groups is 1. The Labute approximate surface area is 225 Å². The van der Waals surface area contributed by atoms with Gasteiger partial charge in [-0.25, -0.2) is 4.79 Å². The maximum atomic E-state index is 12.5. The molecule has 3 atom stereocenters. The van der Waals surface area contributed by atoms with Crippen LogP contribution in [0, 0.1) is 5.92 Å². The van der Waals surface area contributed by atoms with Gasteiger partial charge in [-0.05, 0) is 23.1 Å². The second-order valence-electron chi connectivity index (χ2n) is 9.51. The quantitative estimate of drug-likeness (QED) is 0.261. The van der Waals surface area contributed by atoms with Gasteiger partial charge in [0, 0.05) is 18.2 Å². The Balaban J connectivity index is 1.53. The summed E-state index contributed by atoms with van der Waals surface area (Å²) >= 11 is 0. The van der Waals surface area contributed by atoms with Crippen molar-refractivity contribution in [2.24, 2.45) is 5.92 Å². The number of nitrogens with one attached hydrogen (secondary N) is 1. The minimum Gasteiger partial charge on any atom is -0.469 e. The summed E-state index contributed by atoms with van der Waals surface area (Å²) in [6.45, 7) is 0.134. The van der Waals surface area contributed by atoms with Crippen molar-refractivity contribution in [1.82, 2.24) is 9.55 Å². The molecular weight excluding hydrogens is 496 g/mol. The molecule has 1 aromatic heterocycles. The number of H-pyrrole nitrogens is 1. The predicted octanol–water partition coefficient (Wildman–Crippen LogP) is 4.01. The molecule has 1 saturated heterocycles. The Morgan fingerprint density at radius 1 is 0.897 bits per heavy atom. The lowest BCUT2D eigenvalue weighted by atomic mass is 9.80. The van der Waals surface area contributed by atoms with Crippen molar-refractivity contribution in [3.05, 3.63) is 141 Å². The van der Waals surface area contributed by atoms with E-state index in [1.807, 2.05) is 91.0 Å². The van der Waals surface area contributed by atoms with Crippen LogP contribution in [0.25, 0.3) is 0 Å². The maximum absolute atomic E-state index is 12.5. The zero-order valence-electron chi connectivity index (χ0n) is 21.6. The first-order valence-corrected chi connectivity index (χ1v) is 12.9. The number of hydrogen-bond donors (Lipinski definition) is 1. The average molecular weight is 527 g/mol. The van der Waals surface area contributed by atoms with Gasteiger partial charge in [-0.3, -0.25) is 19.1 Å². The van der Waals surface area contributed by atoms with E-state index in [1.165, 1.54) is 23.9 Å². The van der Waals surface area contributed by atoms with E-state index in [1.54, 1.807) is 0 Å². The number of aromatic nitrogens is 2. The van der Waals surface area contributed by atoms with Crippen LogP contribution in [0.2, 0.25) is 0 Å². The van der Waals surface area contributed by atoms with Gasteiger partial charge in [0.1, 0.15) is 11.8 Å². The fourth-order valence-corrected chi connectivity index (χ4v) is 5.28. The van der Waals surface area contributed by atoms with E-state index in [-0.39, 0.29) is 24.9 Å². The number of ether oxygens (including phenoxy) is 3. The number of aromatic amines is 1. The molecule has 4 aromatic rings. The normalized spacial score (nSPS) is 19.1. The highest BCUT2D eigenvalue weighted by Crippen LogP contribution is 2.42. The van der Waals surface area contributed by atoms with E-state index >= 15 is 0 Å². The van der Waals surface area contributed by atoms with Crippen molar-refractivity contribution in [2.75, 3.05) is 13.7 Å². The Morgan fingerprint density at radius 3 is 1.92 bits per heavy atom. The van der Waals surface area contributed by atoms with Crippen LogP contribution in [-0.4, -0.2) is 35.3 Å². The molecular formula is C31H30N2O6. The van der Waals surface area contributed by atoms with Gasteiger partial charge in [-0.1, -0.05) is 91.0 Å². The van der Waals surface area contributed by atoms with Crippen LogP contribution in [0.5, 0.6) is 0 Å². The first kappa shape index (κ1) is 26.3. The number of methoxy groups -OCH3 is 1. The molecule has 39 heavy (non-hydrogen) atoms. The molecule has 2 heterocycles. The van der Waals surface area contributed by atoms with E-state index in [0.29, 0.717) is 6.42 Å². The molecule has 8 heteroatoms. The van der Waals surface area contributed by atoms with Gasteiger partial charge in [0.05, 0.1) is 26.2 Å². The fraction of sp³-hybridized carbons (Fsp3) is 0.258. The highest BCUT2D eigenvalue weighted by Gasteiger charge is 2.43. The molecule has 0 spiro atoms. The molecule has 0 amide bonds. The van der Waals surface area contributed by atoms with E-state index in [2.05, 4.69) is 4.98 Å². The van der Waals surface area contributed by atoms with Crippen molar-refractivity contribution >= 4 is 5.97 Å². The van der Waals surface area contributed by atoms with Gasteiger partial charge in [-0.15, -0.1) is 0 Å². The van der Waals surface area contributed by atoms with Crippen LogP contribution in [0.1, 0.15) is 35.8 Å². The van der Waals surface area contributed by atoms with E-state index < -0.39 is 29.2 Å². The third kappa shape index (κ3) is 5.48. The molecule has 3 aromatic carbocycles. The molecule has 1 N–H and O–H groups in total. The molecule has 0 bridgehead atoms. The highest BCUT2D eigenvalue weighted by atomic mass is 16.6. The number of esters is 1. The molecule has 0 aliphatic carbocycles. The van der Waals surface area contributed by atoms with Gasteiger partial charge in [-0.2, -0.15) is 0 Å². The van der Waals surface area contributed by atoms with Crippen molar-refractivity contribution in [2.45, 2.75) is 30.8 Å². The van der Waals surface area contributed by atoms with Gasteiger partial charge in [0.15, 0.2) is 0 Å². The van der Waals surface area contributed by atoms with Crippen molar-refractivity contribution in [3.8, 4) is 0 Å². The molecule has 1 fully saturated rings. The Hall–Kier alpha value is -4.27. The minimum atomic E-state index is -0.962. The van der Waals surface area contributed by atoms with Crippen molar-refractivity contribution < 1.29 is 19.0 Å². The SMILES string of the molecule is COC(=O)C[C@H]1C[C@H](n2ccc(=O)[nH]c2=O)O[C@H]1COC(c1ccccc1)(c1ccccc1)c1ccccc1. The zero-order valence-corrected chi connectivity index (χ0v) is 21.6. The highest BCUT2D eigenvalue weighted by molar-refractivity contribution is 5.69. The monoisotopic (exact) mass is 526 g/mol. The fourth-order valence-electron chi connectivity index (χ4n) is 5.28. The summed E-state index contributed by atoms with van der Waals surface area (Å²) < 4.78 is 19.5. The first-order chi connectivity index (χ1) is 19.0. The number of nitrogens with zero attached hydrogens (tertiary/aromatic N) is 1. The smallest absolute Gasteiger partial charge is 0.330 e. The average Bonchev–Trinajstić information content (AvgIpc) is 3.37. The van der Waals surface area contributed by atoms with Gasteiger partial charge in [0.25, 0.3) is 5.56 Å². The van der Waals surface area contributed by atoms with Crippen LogP contribution in [-0.2, 0) is 24.6 Å². The molecule has 0 radical (unpaired) electrons. The summed E-state index contributed by atoms with van der Waals surface area (Å²) in [7, 11) is 1.35. The maximum Gasteiger partial charge on any atom is 0.330 e. The summed E-state index contributed by atoms with van der Waals surface area (Å²) in [5.41, 5.74) is 0.808. The molecule has 0 saturated carbocycles. The lowest BCUT2D eigenvalue weighted by Gasteiger charge is -2.37. The topological polar surface area (TPSA) is 99.6 Å². The Bertz CT molecular complexity index is 1400. The van der Waals surface area contributed by atoms with E-state index in [0.717, 1.165) is 16.7 Å². The van der Waals surface area contributed by atoms with Gasteiger partial charge < -0.3 is 14.2 Å². The minimum absolute atomic E-state index is 0.105. The third-order valence-corrected chi connectivity index (χ3v) is 7.19. The number of rotatable bonds is 9. The Morgan fingerprint density at radius 2 is 1.44 bits per heavy atom. The summed E-state index contributed by atoms with van der Waals surface area (Å²) in [5.74, 6) is -0.648. The molecule has 8 nitrogen and oxygen atoms in total. The second-order valence-corrected chi connectivity index (χ2v) is 9.51. The number of hydrogen-bond acceptors (Lipinski definition) is 6. The lowest BCUT2D eigenvalue weighted by Crippen LogP contribution is -2.37. The molecule has 200 valence electrons. The van der Waals surface area contributed by atoms with Gasteiger partial charge >= 0.3 is 11.7 Å². The van der Waals surface area contributed by atoms with Crippen LogP contribution >= 0.6 is 0 Å². The number of benzene rings is 3. The lowest BCUT2D eigenvalue weighted by molar-refractivity contribution is -0.143. The summed E-state index contributed by atoms with van der Waals surface area (Å²) in [5, 5.41) is 0. The second kappa shape index (κ2) is 11.6. The van der Waals surface area contributed by atoms with Crippen LogP contribution in [0.3, 0.4) is 0 Å². The summed E-state index contributed by atoms with van der Waals surface area (Å²) in [6.07, 6.45) is 0.700. The van der Waals surface area contributed by atoms with Crippen LogP contribution in [0.4, 0.5) is 0 Å². The van der Waals surface area contributed by atoms with Crippen molar-refractivity contribution in [3.63, 3.8) is 0 Å². The predicted molar refractivity (Wildman–Crippen MR) is 145 cm³/mol. The van der Waals surface area contributed by atoms with E-state index in [9.17, 15) is 14.4 Å². The standard InChI is InChI=1S/C31H30N2O6/c1-37-29(35)20-22-19-28(33-18-17-27(34)32-30(33)36)39-26(22)21-38-31(23-11-5-2-6-12-23,24-13-7-3-8-14-24)25-15-9-4-10-16-25/h2-18,22,26,28H,19-21H2,1H3,(H,32,34,36)/t22-,26+,28-/m1/s1. The molecule has 1 aliphatic rings. The number of carbonyl (C=O) groups excluding carboxylic acids is 1. The molecule has 5 rings (SSSR count). The third-order valence-electron chi connectivity index (χ3n) is 7.19. The summed E-state index contributed by atoms with van der Waals surface area (Å²) in [4.78, 5) is 38.7. The molecule has 0 unspecified atom stereocenters. The largest absolute Gasteiger partial charge is 0.469 e. The Kier molecular flexibility index (Phi) is 7.86. The van der Waals surface area contributed by atoms with E-state index in [4.69, 9.17) is 14.2 Å². The van der Waals surface area contributed by atoms with Crippen LogP contribution < -0.4 is 11.2 Å².